The molecule has 0 saturated heterocycles. The van der Waals surface area contributed by atoms with Gasteiger partial charge in [-0.2, -0.15) is 0 Å². The lowest BCUT2D eigenvalue weighted by Gasteiger charge is -2.18. The third-order valence-electron chi connectivity index (χ3n) is 8.15. The minimum atomic E-state index is -0.754. The summed E-state index contributed by atoms with van der Waals surface area (Å²) in [5, 5.41) is 0. The van der Waals surface area contributed by atoms with Crippen molar-refractivity contribution >= 4 is 17.9 Å². The van der Waals surface area contributed by atoms with E-state index in [1.807, 2.05) is 0 Å². The molecule has 2 atom stereocenters. The van der Waals surface area contributed by atoms with Gasteiger partial charge in [-0.15, -0.1) is 0 Å². The number of unbranched alkanes of at least 4 members (excludes halogenated alkanes) is 17. The van der Waals surface area contributed by atoms with E-state index in [0.717, 1.165) is 76.5 Å². The van der Waals surface area contributed by atoms with E-state index in [1.165, 1.54) is 70.6 Å². The van der Waals surface area contributed by atoms with Gasteiger partial charge < -0.3 is 14.2 Å². The van der Waals surface area contributed by atoms with Crippen LogP contribution < -0.4 is 0 Å². The minimum Gasteiger partial charge on any atom is -0.462 e. The van der Waals surface area contributed by atoms with Crippen LogP contribution in [-0.2, 0) is 28.6 Å². The standard InChI is InChI=1S/C36H68O6/c1-5-8-10-18-23-27-34(37)40-30-33(42-36(39)29-25-19-11-9-6-2)31-41-35(38)28-24-21-17-15-13-12-14-16-20-22-26-32(4)7-3/h32-33H,5-31H2,1-4H3/t32?,33-/m1/s1. The molecule has 0 aliphatic heterocycles. The van der Waals surface area contributed by atoms with E-state index in [1.54, 1.807) is 0 Å². The Hall–Kier alpha value is -1.59. The van der Waals surface area contributed by atoms with Crippen LogP contribution in [0.5, 0.6) is 0 Å². The Bertz CT molecular complexity index is 634. The number of hydrogen-bond donors (Lipinski definition) is 0. The van der Waals surface area contributed by atoms with E-state index in [2.05, 4.69) is 27.7 Å². The quantitative estimate of drug-likeness (QED) is 0.0450. The first kappa shape index (κ1) is 40.4. The molecule has 42 heavy (non-hydrogen) atoms. The van der Waals surface area contributed by atoms with Gasteiger partial charge >= 0.3 is 17.9 Å². The van der Waals surface area contributed by atoms with Crippen molar-refractivity contribution < 1.29 is 28.6 Å². The van der Waals surface area contributed by atoms with E-state index >= 15 is 0 Å². The summed E-state index contributed by atoms with van der Waals surface area (Å²) in [6, 6.07) is 0. The molecular formula is C36H68O6. The SMILES string of the molecule is CCCCCCCC(=O)OC[C@H](COC(=O)CCCCCCCCCCCCC(C)CC)OC(=O)CCCCCCC. The first-order valence-electron chi connectivity index (χ1n) is 17.9. The van der Waals surface area contributed by atoms with Crippen LogP contribution in [0.3, 0.4) is 0 Å². The second-order valence-corrected chi connectivity index (χ2v) is 12.4. The molecule has 0 aromatic heterocycles. The third-order valence-corrected chi connectivity index (χ3v) is 8.15. The summed E-state index contributed by atoms with van der Waals surface area (Å²) in [5.74, 6) is -0.0277. The van der Waals surface area contributed by atoms with Crippen molar-refractivity contribution in [1.82, 2.24) is 0 Å². The van der Waals surface area contributed by atoms with Crippen molar-refractivity contribution in [2.45, 2.75) is 194 Å². The van der Waals surface area contributed by atoms with Crippen molar-refractivity contribution in [2.75, 3.05) is 13.2 Å². The molecule has 0 spiro atoms. The van der Waals surface area contributed by atoms with Crippen molar-refractivity contribution in [3.05, 3.63) is 0 Å². The molecule has 0 aromatic rings. The Morgan fingerprint density at radius 2 is 0.833 bits per heavy atom. The van der Waals surface area contributed by atoms with Gasteiger partial charge in [0.1, 0.15) is 13.2 Å². The fourth-order valence-corrected chi connectivity index (χ4v) is 5.00. The molecule has 0 bridgehead atoms. The van der Waals surface area contributed by atoms with Crippen molar-refractivity contribution in [3.63, 3.8) is 0 Å². The molecule has 0 fully saturated rings. The zero-order valence-electron chi connectivity index (χ0n) is 28.2. The van der Waals surface area contributed by atoms with Crippen LogP contribution >= 0.6 is 0 Å². The van der Waals surface area contributed by atoms with E-state index in [-0.39, 0.29) is 31.1 Å². The van der Waals surface area contributed by atoms with Gasteiger partial charge in [-0.25, -0.2) is 0 Å². The molecule has 0 amide bonds. The third kappa shape index (κ3) is 28.5. The maximum atomic E-state index is 12.4. The second-order valence-electron chi connectivity index (χ2n) is 12.4. The zero-order chi connectivity index (χ0) is 31.1. The molecule has 0 heterocycles. The fraction of sp³-hybridized carbons (Fsp3) is 0.917. The predicted octanol–water partition coefficient (Wildman–Crippen LogP) is 10.4. The molecule has 0 aliphatic carbocycles. The van der Waals surface area contributed by atoms with E-state index in [0.29, 0.717) is 19.3 Å². The van der Waals surface area contributed by atoms with Gasteiger partial charge in [0.05, 0.1) is 0 Å². The number of hydrogen-bond acceptors (Lipinski definition) is 6. The minimum absolute atomic E-state index is 0.0679. The highest BCUT2D eigenvalue weighted by atomic mass is 16.6. The number of carbonyl (C=O) groups excluding carboxylic acids is 3. The van der Waals surface area contributed by atoms with Crippen molar-refractivity contribution in [3.8, 4) is 0 Å². The summed E-state index contributed by atoms with van der Waals surface area (Å²) < 4.78 is 16.4. The van der Waals surface area contributed by atoms with Crippen molar-refractivity contribution in [1.29, 1.82) is 0 Å². The van der Waals surface area contributed by atoms with Crippen LogP contribution in [0.2, 0.25) is 0 Å². The summed E-state index contributed by atoms with van der Waals surface area (Å²) in [6.45, 7) is 8.81. The average molecular weight is 597 g/mol. The molecule has 0 aliphatic rings. The summed E-state index contributed by atoms with van der Waals surface area (Å²) in [7, 11) is 0. The molecule has 0 rings (SSSR count). The largest absolute Gasteiger partial charge is 0.462 e. The predicted molar refractivity (Wildman–Crippen MR) is 173 cm³/mol. The second kappa shape index (κ2) is 30.9. The van der Waals surface area contributed by atoms with Crippen LogP contribution in [0.1, 0.15) is 188 Å². The molecule has 0 aromatic carbocycles. The summed E-state index contributed by atoms with van der Waals surface area (Å²) in [6.07, 6.45) is 25.7. The highest BCUT2D eigenvalue weighted by Crippen LogP contribution is 2.16. The number of carbonyl (C=O) groups is 3. The Labute approximate surface area is 259 Å². The fourth-order valence-electron chi connectivity index (χ4n) is 5.00. The lowest BCUT2D eigenvalue weighted by molar-refractivity contribution is -0.167. The maximum Gasteiger partial charge on any atom is 0.306 e. The highest BCUT2D eigenvalue weighted by Gasteiger charge is 2.19. The maximum absolute atomic E-state index is 12.4. The van der Waals surface area contributed by atoms with Gasteiger partial charge in [0.2, 0.25) is 0 Å². The Morgan fingerprint density at radius 1 is 0.476 bits per heavy atom. The van der Waals surface area contributed by atoms with Crippen LogP contribution in [0.25, 0.3) is 0 Å². The molecule has 0 saturated carbocycles. The lowest BCUT2D eigenvalue weighted by atomic mass is 9.99. The van der Waals surface area contributed by atoms with Crippen LogP contribution in [0.15, 0.2) is 0 Å². The molecule has 0 N–H and O–H groups in total. The molecule has 0 radical (unpaired) electrons. The first-order chi connectivity index (χ1) is 20.4. The summed E-state index contributed by atoms with van der Waals surface area (Å²) >= 11 is 0. The number of ether oxygens (including phenoxy) is 3. The van der Waals surface area contributed by atoms with Gasteiger partial charge in [0.15, 0.2) is 6.10 Å². The Morgan fingerprint density at radius 3 is 1.24 bits per heavy atom. The van der Waals surface area contributed by atoms with E-state index in [9.17, 15) is 14.4 Å². The number of esters is 3. The number of rotatable bonds is 31. The molecule has 6 nitrogen and oxygen atoms in total. The van der Waals surface area contributed by atoms with E-state index in [4.69, 9.17) is 14.2 Å². The van der Waals surface area contributed by atoms with Gasteiger partial charge in [-0.3, -0.25) is 14.4 Å². The molecule has 1 unspecified atom stereocenters. The molecule has 6 heteroatoms. The van der Waals surface area contributed by atoms with Crippen LogP contribution in [-0.4, -0.2) is 37.2 Å². The highest BCUT2D eigenvalue weighted by molar-refractivity contribution is 5.71. The topological polar surface area (TPSA) is 78.9 Å². The lowest BCUT2D eigenvalue weighted by Crippen LogP contribution is -2.30. The van der Waals surface area contributed by atoms with Crippen LogP contribution in [0.4, 0.5) is 0 Å². The first-order valence-corrected chi connectivity index (χ1v) is 17.9. The normalized spacial score (nSPS) is 12.6. The van der Waals surface area contributed by atoms with E-state index < -0.39 is 6.10 Å². The smallest absolute Gasteiger partial charge is 0.306 e. The molecule has 248 valence electrons. The van der Waals surface area contributed by atoms with Crippen molar-refractivity contribution in [2.24, 2.45) is 5.92 Å². The van der Waals surface area contributed by atoms with Gasteiger partial charge in [-0.05, 0) is 25.2 Å². The van der Waals surface area contributed by atoms with Gasteiger partial charge in [-0.1, -0.05) is 150 Å². The Balaban J connectivity index is 4.16. The summed E-state index contributed by atoms with van der Waals surface area (Å²) in [4.78, 5) is 36.9. The molecular weight excluding hydrogens is 528 g/mol. The monoisotopic (exact) mass is 597 g/mol. The average Bonchev–Trinajstić information content (AvgIpc) is 2.98. The zero-order valence-corrected chi connectivity index (χ0v) is 28.2. The summed E-state index contributed by atoms with van der Waals surface area (Å²) in [5.41, 5.74) is 0. The van der Waals surface area contributed by atoms with Gasteiger partial charge in [0, 0.05) is 19.3 Å². The Kier molecular flexibility index (Phi) is 29.7. The van der Waals surface area contributed by atoms with Crippen LogP contribution in [0, 0.1) is 5.92 Å². The van der Waals surface area contributed by atoms with Gasteiger partial charge in [0.25, 0.3) is 0 Å².